The first kappa shape index (κ1) is 13.6. The van der Waals surface area contributed by atoms with Crippen molar-refractivity contribution in [2.75, 3.05) is 5.32 Å². The second kappa shape index (κ2) is 5.41. The number of nitro groups is 1. The van der Waals surface area contributed by atoms with Gasteiger partial charge in [-0.1, -0.05) is 28.4 Å². The molecule has 2 aromatic rings. The highest BCUT2D eigenvalue weighted by atomic mass is 35.5. The van der Waals surface area contributed by atoms with E-state index in [-0.39, 0.29) is 22.3 Å². The number of hydrogen-bond acceptors (Lipinski definition) is 6. The van der Waals surface area contributed by atoms with Gasteiger partial charge in [-0.2, -0.15) is 4.98 Å². The van der Waals surface area contributed by atoms with Crippen LogP contribution in [0.4, 0.5) is 11.4 Å². The average Bonchev–Trinajstić information content (AvgIpc) is 2.73. The maximum Gasteiger partial charge on any atom is 0.272 e. The van der Waals surface area contributed by atoms with Gasteiger partial charge in [0.1, 0.15) is 0 Å². The van der Waals surface area contributed by atoms with Crippen LogP contribution in [0.2, 0.25) is 10.0 Å². The van der Waals surface area contributed by atoms with Gasteiger partial charge < -0.3 is 9.84 Å². The molecule has 100 valence electrons. The number of non-ortho nitro benzene ring substituents is 1. The van der Waals surface area contributed by atoms with Gasteiger partial charge in [-0.25, -0.2) is 0 Å². The summed E-state index contributed by atoms with van der Waals surface area (Å²) in [5, 5.41) is 17.5. The summed E-state index contributed by atoms with van der Waals surface area (Å²) in [7, 11) is 0. The van der Waals surface area contributed by atoms with Gasteiger partial charge in [0.15, 0.2) is 5.82 Å². The van der Waals surface area contributed by atoms with Gasteiger partial charge in [0.2, 0.25) is 5.89 Å². The van der Waals surface area contributed by atoms with Crippen LogP contribution < -0.4 is 5.32 Å². The molecule has 1 heterocycles. The minimum absolute atomic E-state index is 0.152. The third-order valence-electron chi connectivity index (χ3n) is 2.23. The normalized spacial score (nSPS) is 10.5. The van der Waals surface area contributed by atoms with Crippen LogP contribution >= 0.6 is 23.2 Å². The highest BCUT2D eigenvalue weighted by molar-refractivity contribution is 6.39. The summed E-state index contributed by atoms with van der Waals surface area (Å²) >= 11 is 11.9. The van der Waals surface area contributed by atoms with Crippen LogP contribution in [0.3, 0.4) is 0 Å². The Bertz CT molecular complexity index is 606. The van der Waals surface area contributed by atoms with Gasteiger partial charge in [-0.3, -0.25) is 10.1 Å². The Morgan fingerprint density at radius 1 is 1.42 bits per heavy atom. The zero-order valence-corrected chi connectivity index (χ0v) is 11.2. The molecule has 0 bridgehead atoms. The summed E-state index contributed by atoms with van der Waals surface area (Å²) in [5.41, 5.74) is 0.215. The van der Waals surface area contributed by atoms with Gasteiger partial charge in [0.25, 0.3) is 5.69 Å². The Kier molecular flexibility index (Phi) is 3.87. The number of nitrogens with zero attached hydrogens (tertiary/aromatic N) is 3. The van der Waals surface area contributed by atoms with E-state index in [1.165, 1.54) is 12.1 Å². The molecule has 19 heavy (non-hydrogen) atoms. The fourth-order valence-electron chi connectivity index (χ4n) is 1.41. The quantitative estimate of drug-likeness (QED) is 0.688. The molecule has 1 aromatic carbocycles. The van der Waals surface area contributed by atoms with Crippen molar-refractivity contribution in [3.63, 3.8) is 0 Å². The van der Waals surface area contributed by atoms with Crippen LogP contribution in [0.25, 0.3) is 0 Å². The highest BCUT2D eigenvalue weighted by Gasteiger charge is 2.15. The SMILES string of the molecule is Cc1nc(CNc2c(Cl)cc([N+](=O)[O-])cc2Cl)no1. The molecule has 0 aliphatic rings. The number of nitro benzene ring substituents is 1. The third-order valence-corrected chi connectivity index (χ3v) is 2.83. The lowest BCUT2D eigenvalue weighted by Crippen LogP contribution is -2.03. The minimum atomic E-state index is -0.565. The Morgan fingerprint density at radius 2 is 2.05 bits per heavy atom. The van der Waals surface area contributed by atoms with Crippen molar-refractivity contribution in [1.82, 2.24) is 10.1 Å². The van der Waals surface area contributed by atoms with Crippen LogP contribution in [0.1, 0.15) is 11.7 Å². The lowest BCUT2D eigenvalue weighted by Gasteiger charge is -2.08. The molecule has 0 radical (unpaired) electrons. The van der Waals surface area contributed by atoms with E-state index in [2.05, 4.69) is 15.5 Å². The Labute approximate surface area is 117 Å². The summed E-state index contributed by atoms with van der Waals surface area (Å²) in [4.78, 5) is 14.1. The fraction of sp³-hybridized carbons (Fsp3) is 0.200. The molecule has 0 saturated heterocycles. The summed E-state index contributed by atoms with van der Waals surface area (Å²) in [6.45, 7) is 1.91. The number of rotatable bonds is 4. The molecule has 0 aliphatic heterocycles. The van der Waals surface area contributed by atoms with Gasteiger partial charge in [0, 0.05) is 19.1 Å². The van der Waals surface area contributed by atoms with E-state index in [1.807, 2.05) is 0 Å². The number of aromatic nitrogens is 2. The first-order chi connectivity index (χ1) is 8.97. The first-order valence-corrected chi connectivity index (χ1v) is 5.89. The van der Waals surface area contributed by atoms with Crippen LogP contribution in [-0.2, 0) is 6.54 Å². The topological polar surface area (TPSA) is 94.1 Å². The zero-order valence-electron chi connectivity index (χ0n) is 9.68. The molecule has 9 heteroatoms. The lowest BCUT2D eigenvalue weighted by molar-refractivity contribution is -0.384. The number of nitrogens with one attached hydrogen (secondary N) is 1. The number of halogens is 2. The maximum atomic E-state index is 10.6. The van der Waals surface area contributed by atoms with Gasteiger partial charge in [-0.15, -0.1) is 0 Å². The van der Waals surface area contributed by atoms with E-state index < -0.39 is 4.92 Å². The molecule has 0 saturated carbocycles. The van der Waals surface area contributed by atoms with Gasteiger partial charge in [-0.05, 0) is 0 Å². The van der Waals surface area contributed by atoms with Gasteiger partial charge >= 0.3 is 0 Å². The molecule has 0 amide bonds. The van der Waals surface area contributed by atoms with Crippen LogP contribution in [0, 0.1) is 17.0 Å². The van der Waals surface area contributed by atoms with Crippen molar-refractivity contribution in [3.05, 3.63) is 44.0 Å². The molecule has 0 unspecified atom stereocenters. The van der Waals surface area contributed by atoms with Crippen molar-refractivity contribution >= 4 is 34.6 Å². The zero-order chi connectivity index (χ0) is 14.0. The molecule has 7 nitrogen and oxygen atoms in total. The Balaban J connectivity index is 2.18. The average molecular weight is 303 g/mol. The molecule has 1 aromatic heterocycles. The summed E-state index contributed by atoms with van der Waals surface area (Å²) in [5.74, 6) is 0.876. The lowest BCUT2D eigenvalue weighted by atomic mass is 10.2. The second-order valence-corrected chi connectivity index (χ2v) is 4.44. The fourth-order valence-corrected chi connectivity index (χ4v) is 2.02. The number of hydrogen-bond donors (Lipinski definition) is 1. The summed E-state index contributed by atoms with van der Waals surface area (Å²) in [6.07, 6.45) is 0. The number of anilines is 1. The van der Waals surface area contributed by atoms with Gasteiger partial charge in [0.05, 0.1) is 27.2 Å². The van der Waals surface area contributed by atoms with E-state index in [0.29, 0.717) is 17.4 Å². The molecular formula is C10H8Cl2N4O3. The monoisotopic (exact) mass is 302 g/mol. The smallest absolute Gasteiger partial charge is 0.272 e. The molecule has 0 atom stereocenters. The van der Waals surface area contributed by atoms with E-state index in [4.69, 9.17) is 27.7 Å². The standard InChI is InChI=1S/C10H8Cl2N4O3/c1-5-14-9(15-19-5)4-13-10-7(11)2-6(16(17)18)3-8(10)12/h2-3,13H,4H2,1H3. The largest absolute Gasteiger partial charge is 0.375 e. The van der Waals surface area contributed by atoms with Crippen molar-refractivity contribution in [2.24, 2.45) is 0 Å². The predicted molar refractivity (Wildman–Crippen MR) is 69.5 cm³/mol. The van der Waals surface area contributed by atoms with Crippen molar-refractivity contribution < 1.29 is 9.45 Å². The summed E-state index contributed by atoms with van der Waals surface area (Å²) < 4.78 is 4.81. The van der Waals surface area contributed by atoms with Crippen LogP contribution in [0.15, 0.2) is 16.7 Å². The summed E-state index contributed by atoms with van der Waals surface area (Å²) in [6, 6.07) is 2.44. The first-order valence-electron chi connectivity index (χ1n) is 5.14. The third kappa shape index (κ3) is 3.12. The minimum Gasteiger partial charge on any atom is -0.375 e. The van der Waals surface area contributed by atoms with Crippen molar-refractivity contribution in [1.29, 1.82) is 0 Å². The highest BCUT2D eigenvalue weighted by Crippen LogP contribution is 2.34. The molecule has 0 fully saturated rings. The van der Waals surface area contributed by atoms with Crippen molar-refractivity contribution in [3.8, 4) is 0 Å². The van der Waals surface area contributed by atoms with Crippen LogP contribution in [-0.4, -0.2) is 15.1 Å². The van der Waals surface area contributed by atoms with E-state index in [1.54, 1.807) is 6.92 Å². The van der Waals surface area contributed by atoms with E-state index in [0.717, 1.165) is 0 Å². The second-order valence-electron chi connectivity index (χ2n) is 3.62. The number of aryl methyl sites for hydroxylation is 1. The maximum absolute atomic E-state index is 10.6. The molecule has 1 N–H and O–H groups in total. The Morgan fingerprint density at radius 3 is 2.53 bits per heavy atom. The predicted octanol–water partition coefficient (Wildman–Crippen LogP) is 3.21. The molecule has 0 spiro atoms. The molecular weight excluding hydrogens is 295 g/mol. The van der Waals surface area contributed by atoms with E-state index in [9.17, 15) is 10.1 Å². The Hall–Kier alpha value is -1.86. The van der Waals surface area contributed by atoms with Crippen molar-refractivity contribution in [2.45, 2.75) is 13.5 Å². The molecule has 2 rings (SSSR count). The van der Waals surface area contributed by atoms with E-state index >= 15 is 0 Å². The number of benzene rings is 1. The molecule has 0 aliphatic carbocycles. The van der Waals surface area contributed by atoms with Crippen LogP contribution in [0.5, 0.6) is 0 Å².